The Morgan fingerprint density at radius 3 is 2.61 bits per heavy atom. The fraction of sp³-hybridized carbons (Fsp3) is 0.526. The number of hydrogen-bond acceptors (Lipinski definition) is 3. The second kappa shape index (κ2) is 7.18. The first-order valence-corrected chi connectivity index (χ1v) is 8.56. The molecule has 0 aromatic heterocycles. The van der Waals surface area contributed by atoms with Gasteiger partial charge >= 0.3 is 0 Å². The van der Waals surface area contributed by atoms with E-state index in [1.165, 1.54) is 0 Å². The van der Waals surface area contributed by atoms with Crippen LogP contribution in [0.15, 0.2) is 30.3 Å². The maximum absolute atomic E-state index is 12.1. The Labute approximate surface area is 138 Å². The van der Waals surface area contributed by atoms with Gasteiger partial charge in [-0.15, -0.1) is 0 Å². The number of carbonyl (C=O) groups is 1. The summed E-state index contributed by atoms with van der Waals surface area (Å²) in [4.78, 5) is 16.7. The zero-order valence-electron chi connectivity index (χ0n) is 14.1. The van der Waals surface area contributed by atoms with Gasteiger partial charge in [0.1, 0.15) is 5.75 Å². The van der Waals surface area contributed by atoms with Gasteiger partial charge in [-0.05, 0) is 18.9 Å². The molecule has 0 N–H and O–H groups in total. The van der Waals surface area contributed by atoms with E-state index in [1.54, 1.807) is 7.11 Å². The molecule has 1 amide bonds. The number of likely N-dealkylation sites (tertiary alicyclic amines) is 1. The van der Waals surface area contributed by atoms with Gasteiger partial charge in [0.05, 0.1) is 7.11 Å². The highest BCUT2D eigenvalue weighted by atomic mass is 16.5. The highest BCUT2D eigenvalue weighted by Gasteiger charge is 2.41. The summed E-state index contributed by atoms with van der Waals surface area (Å²) in [5.41, 5.74) is 1.11. The largest absolute Gasteiger partial charge is 0.496 e. The van der Waals surface area contributed by atoms with Crippen molar-refractivity contribution >= 4 is 12.0 Å². The van der Waals surface area contributed by atoms with E-state index < -0.39 is 0 Å². The van der Waals surface area contributed by atoms with Crippen LogP contribution in [0.1, 0.15) is 31.7 Å². The number of hydrogen-bond donors (Lipinski definition) is 0. The van der Waals surface area contributed by atoms with E-state index in [4.69, 9.17) is 4.74 Å². The Morgan fingerprint density at radius 2 is 1.96 bits per heavy atom. The molecule has 0 radical (unpaired) electrons. The normalized spacial score (nSPS) is 24.3. The van der Waals surface area contributed by atoms with Crippen molar-refractivity contribution in [1.29, 1.82) is 0 Å². The van der Waals surface area contributed by atoms with Crippen molar-refractivity contribution in [2.75, 3.05) is 26.7 Å². The third-order valence-corrected chi connectivity index (χ3v) is 4.95. The summed E-state index contributed by atoms with van der Waals surface area (Å²) in [6.07, 6.45) is 7.27. The average Bonchev–Trinajstić information content (AvgIpc) is 2.85. The Morgan fingerprint density at radius 1 is 1.26 bits per heavy atom. The van der Waals surface area contributed by atoms with Crippen molar-refractivity contribution in [1.82, 2.24) is 9.80 Å². The highest BCUT2D eigenvalue weighted by Crippen LogP contribution is 2.30. The maximum atomic E-state index is 12.1. The van der Waals surface area contributed by atoms with E-state index in [1.807, 2.05) is 25.1 Å². The maximum Gasteiger partial charge on any atom is 0.222 e. The molecule has 3 rings (SSSR count). The fourth-order valence-electron chi connectivity index (χ4n) is 3.86. The molecule has 2 fully saturated rings. The second-order valence-corrected chi connectivity index (χ2v) is 6.40. The second-order valence-electron chi connectivity index (χ2n) is 6.40. The summed E-state index contributed by atoms with van der Waals surface area (Å²) < 4.78 is 5.38. The molecule has 2 heterocycles. The molecule has 0 aliphatic carbocycles. The summed E-state index contributed by atoms with van der Waals surface area (Å²) >= 11 is 0. The van der Waals surface area contributed by atoms with Crippen LogP contribution >= 0.6 is 0 Å². The molecule has 0 saturated carbocycles. The molecule has 1 aromatic rings. The van der Waals surface area contributed by atoms with Crippen LogP contribution in [0.4, 0.5) is 0 Å². The fourth-order valence-corrected chi connectivity index (χ4v) is 3.86. The van der Waals surface area contributed by atoms with Crippen molar-refractivity contribution in [2.24, 2.45) is 0 Å². The number of para-hydroxylation sites is 1. The molecule has 124 valence electrons. The van der Waals surface area contributed by atoms with Gasteiger partial charge in [-0.25, -0.2) is 0 Å². The highest BCUT2D eigenvalue weighted by molar-refractivity contribution is 5.77. The van der Waals surface area contributed by atoms with Crippen molar-refractivity contribution in [2.45, 2.75) is 38.3 Å². The number of rotatable bonds is 5. The lowest BCUT2D eigenvalue weighted by Gasteiger charge is -2.40. The van der Waals surface area contributed by atoms with E-state index in [9.17, 15) is 4.79 Å². The van der Waals surface area contributed by atoms with Gasteiger partial charge in [-0.1, -0.05) is 37.3 Å². The molecule has 4 nitrogen and oxygen atoms in total. The summed E-state index contributed by atoms with van der Waals surface area (Å²) in [6.45, 7) is 4.89. The van der Waals surface area contributed by atoms with Gasteiger partial charge in [-0.3, -0.25) is 9.69 Å². The summed E-state index contributed by atoms with van der Waals surface area (Å²) in [5.74, 6) is 1.23. The van der Waals surface area contributed by atoms with Crippen LogP contribution in [0.5, 0.6) is 5.75 Å². The van der Waals surface area contributed by atoms with Crippen molar-refractivity contribution in [3.63, 3.8) is 0 Å². The van der Waals surface area contributed by atoms with Crippen LogP contribution in [0.25, 0.3) is 6.08 Å². The van der Waals surface area contributed by atoms with Gasteiger partial charge in [-0.2, -0.15) is 0 Å². The minimum atomic E-state index is 0.321. The Hall–Kier alpha value is -1.81. The summed E-state index contributed by atoms with van der Waals surface area (Å²) in [6, 6.07) is 8.89. The molecule has 2 atom stereocenters. The SMILES string of the molecule is CCC(=O)N1C2CCC1CN(C/C=C/c1ccccc1OC)C2. The number of carbonyl (C=O) groups excluding carboxylic acids is 1. The predicted molar refractivity (Wildman–Crippen MR) is 92.4 cm³/mol. The molecule has 2 unspecified atom stereocenters. The number of amides is 1. The molecular formula is C19H26N2O2. The molecular weight excluding hydrogens is 288 g/mol. The third kappa shape index (κ3) is 3.42. The molecule has 0 spiro atoms. The van der Waals surface area contributed by atoms with Crippen LogP contribution in [0, 0.1) is 0 Å². The average molecular weight is 314 g/mol. The van der Waals surface area contributed by atoms with Crippen molar-refractivity contribution < 1.29 is 9.53 Å². The molecule has 2 bridgehead atoms. The van der Waals surface area contributed by atoms with Crippen LogP contribution in [0.3, 0.4) is 0 Å². The first kappa shape index (κ1) is 16.1. The number of nitrogens with zero attached hydrogens (tertiary/aromatic N) is 2. The predicted octanol–water partition coefficient (Wildman–Crippen LogP) is 2.79. The lowest BCUT2D eigenvalue weighted by molar-refractivity contribution is -0.136. The zero-order chi connectivity index (χ0) is 16.2. The van der Waals surface area contributed by atoms with Crippen molar-refractivity contribution in [3.8, 4) is 5.75 Å². The molecule has 2 aliphatic rings. The van der Waals surface area contributed by atoms with Gasteiger partial charge < -0.3 is 9.64 Å². The van der Waals surface area contributed by atoms with E-state index in [0.29, 0.717) is 24.4 Å². The molecule has 4 heteroatoms. The Kier molecular flexibility index (Phi) is 5.01. The van der Waals surface area contributed by atoms with E-state index in [2.05, 4.69) is 28.0 Å². The minimum absolute atomic E-state index is 0.321. The lowest BCUT2D eigenvalue weighted by Crippen LogP contribution is -2.55. The molecule has 23 heavy (non-hydrogen) atoms. The smallest absolute Gasteiger partial charge is 0.222 e. The van der Waals surface area contributed by atoms with Gasteiger partial charge in [0.25, 0.3) is 0 Å². The summed E-state index contributed by atoms with van der Waals surface area (Å²) in [5, 5.41) is 0. The van der Waals surface area contributed by atoms with Crippen molar-refractivity contribution in [3.05, 3.63) is 35.9 Å². The third-order valence-electron chi connectivity index (χ3n) is 4.95. The monoisotopic (exact) mass is 314 g/mol. The van der Waals surface area contributed by atoms with E-state index in [-0.39, 0.29) is 0 Å². The van der Waals surface area contributed by atoms with Gasteiger partial charge in [0.15, 0.2) is 0 Å². The Balaban J connectivity index is 1.59. The van der Waals surface area contributed by atoms with Crippen LogP contribution < -0.4 is 4.74 Å². The number of methoxy groups -OCH3 is 1. The number of ether oxygens (including phenoxy) is 1. The first-order chi connectivity index (χ1) is 11.2. The van der Waals surface area contributed by atoms with E-state index in [0.717, 1.165) is 43.8 Å². The number of piperazine rings is 1. The minimum Gasteiger partial charge on any atom is -0.496 e. The zero-order valence-corrected chi connectivity index (χ0v) is 14.1. The standard InChI is InChI=1S/C19H26N2O2/c1-3-19(22)21-16-10-11-17(21)14-20(13-16)12-6-8-15-7-4-5-9-18(15)23-2/h4-9,16-17H,3,10-14H2,1-2H3/b8-6+. The van der Waals surface area contributed by atoms with Gasteiger partial charge in [0.2, 0.25) is 5.91 Å². The van der Waals surface area contributed by atoms with Crippen LogP contribution in [-0.4, -0.2) is 54.5 Å². The first-order valence-electron chi connectivity index (χ1n) is 8.56. The molecule has 2 aliphatic heterocycles. The molecule has 2 saturated heterocycles. The van der Waals surface area contributed by atoms with Crippen LogP contribution in [-0.2, 0) is 4.79 Å². The van der Waals surface area contributed by atoms with E-state index >= 15 is 0 Å². The summed E-state index contributed by atoms with van der Waals surface area (Å²) in [7, 11) is 1.70. The van der Waals surface area contributed by atoms with Gasteiger partial charge in [0, 0.05) is 43.7 Å². The Bertz CT molecular complexity index is 570. The number of benzene rings is 1. The number of fused-ring (bicyclic) bond motifs is 2. The molecule has 1 aromatic carbocycles. The quantitative estimate of drug-likeness (QED) is 0.838. The topological polar surface area (TPSA) is 32.8 Å². The van der Waals surface area contributed by atoms with Crippen LogP contribution in [0.2, 0.25) is 0 Å². The lowest BCUT2D eigenvalue weighted by atomic mass is 10.1.